The molecule has 150 valence electrons. The topological polar surface area (TPSA) is 93.5 Å². The summed E-state index contributed by atoms with van der Waals surface area (Å²) >= 11 is 0. The van der Waals surface area contributed by atoms with Crippen LogP contribution in [0.1, 0.15) is 30.0 Å². The number of hydrogen-bond donors (Lipinski definition) is 2. The van der Waals surface area contributed by atoms with Crippen molar-refractivity contribution in [2.75, 3.05) is 25.5 Å². The Morgan fingerprint density at radius 3 is 2.62 bits per heavy atom. The maximum Gasteiger partial charge on any atom is 0.158 e. The van der Waals surface area contributed by atoms with Crippen LogP contribution in [0.4, 0.5) is 16.0 Å². The number of aromatic amines is 1. The molecule has 7 nitrogen and oxygen atoms in total. The average molecular weight is 414 g/mol. The summed E-state index contributed by atoms with van der Waals surface area (Å²) in [6.45, 7) is 2.09. The van der Waals surface area contributed by atoms with E-state index in [-0.39, 0.29) is 23.9 Å². The summed E-state index contributed by atoms with van der Waals surface area (Å²) in [5.74, 6) is 1.10. The van der Waals surface area contributed by atoms with Gasteiger partial charge in [-0.25, -0.2) is 14.4 Å². The van der Waals surface area contributed by atoms with E-state index in [4.69, 9.17) is 5.26 Å². The van der Waals surface area contributed by atoms with Gasteiger partial charge in [-0.1, -0.05) is 6.07 Å². The summed E-state index contributed by atoms with van der Waals surface area (Å²) in [4.78, 5) is 10.3. The zero-order chi connectivity index (χ0) is 19.5. The predicted octanol–water partition coefficient (Wildman–Crippen LogP) is 3.85. The fourth-order valence-electron chi connectivity index (χ4n) is 3.45. The van der Waals surface area contributed by atoms with Crippen molar-refractivity contribution in [1.29, 1.82) is 5.26 Å². The van der Waals surface area contributed by atoms with E-state index in [0.717, 1.165) is 31.5 Å². The number of aromatic nitrogens is 4. The lowest BCUT2D eigenvalue weighted by molar-refractivity contribution is 0.255. The summed E-state index contributed by atoms with van der Waals surface area (Å²) < 4.78 is 14.8. The molecule has 1 saturated heterocycles. The first kappa shape index (κ1) is 20.7. The number of benzene rings is 1. The molecule has 0 bridgehead atoms. The molecule has 2 aromatic heterocycles. The van der Waals surface area contributed by atoms with Gasteiger partial charge in [0.2, 0.25) is 0 Å². The Balaban J connectivity index is 0.00000240. The molecule has 1 aliphatic heterocycles. The van der Waals surface area contributed by atoms with Gasteiger partial charge in [0.1, 0.15) is 17.7 Å². The molecule has 1 aromatic carbocycles. The smallest absolute Gasteiger partial charge is 0.158 e. The molecule has 29 heavy (non-hydrogen) atoms. The molecule has 0 atom stereocenters. The highest BCUT2D eigenvalue weighted by molar-refractivity contribution is 5.85. The van der Waals surface area contributed by atoms with Crippen molar-refractivity contribution in [1.82, 2.24) is 25.1 Å². The molecule has 0 radical (unpaired) electrons. The van der Waals surface area contributed by atoms with E-state index in [1.807, 2.05) is 18.2 Å². The Hall–Kier alpha value is -3.02. The Labute approximate surface area is 174 Å². The number of likely N-dealkylation sites (tertiary alicyclic amines) is 1. The highest BCUT2D eigenvalue weighted by Gasteiger charge is 2.20. The quantitative estimate of drug-likeness (QED) is 0.674. The average Bonchev–Trinajstić information content (AvgIpc) is 3.17. The van der Waals surface area contributed by atoms with E-state index in [2.05, 4.69) is 37.4 Å². The number of nitrogens with zero attached hydrogens (tertiary/aromatic N) is 5. The fourth-order valence-corrected chi connectivity index (χ4v) is 3.45. The van der Waals surface area contributed by atoms with Crippen molar-refractivity contribution in [3.8, 4) is 17.3 Å². The minimum Gasteiger partial charge on any atom is -0.322 e. The lowest BCUT2D eigenvalue weighted by Gasteiger charge is -2.29. The number of piperidine rings is 1. The molecular formula is C20H21ClFN7. The third kappa shape index (κ3) is 4.70. The highest BCUT2D eigenvalue weighted by Crippen LogP contribution is 2.31. The van der Waals surface area contributed by atoms with E-state index in [1.54, 1.807) is 12.1 Å². The van der Waals surface area contributed by atoms with Gasteiger partial charge in [-0.2, -0.15) is 10.4 Å². The molecule has 3 aromatic rings. The van der Waals surface area contributed by atoms with Crippen LogP contribution in [0.25, 0.3) is 11.3 Å². The van der Waals surface area contributed by atoms with E-state index in [9.17, 15) is 4.39 Å². The summed E-state index contributed by atoms with van der Waals surface area (Å²) in [6.07, 6.45) is 4.93. The van der Waals surface area contributed by atoms with Crippen molar-refractivity contribution in [3.63, 3.8) is 0 Å². The molecule has 2 N–H and O–H groups in total. The lowest BCUT2D eigenvalue weighted by Crippen LogP contribution is -2.29. The summed E-state index contributed by atoms with van der Waals surface area (Å²) in [6, 6.07) is 9.09. The van der Waals surface area contributed by atoms with Crippen LogP contribution in [0.15, 0.2) is 36.7 Å². The van der Waals surface area contributed by atoms with Gasteiger partial charge >= 0.3 is 0 Å². The summed E-state index contributed by atoms with van der Waals surface area (Å²) in [7, 11) is 2.12. The van der Waals surface area contributed by atoms with Gasteiger partial charge in [-0.05, 0) is 56.6 Å². The minimum absolute atomic E-state index is 0. The molecule has 1 fully saturated rings. The zero-order valence-corrected chi connectivity index (χ0v) is 16.7. The number of halogens is 2. The maximum atomic E-state index is 14.8. The van der Waals surface area contributed by atoms with Crippen LogP contribution in [0.5, 0.6) is 0 Å². The Bertz CT molecular complexity index is 1000. The molecule has 4 rings (SSSR count). The van der Waals surface area contributed by atoms with Crippen molar-refractivity contribution >= 4 is 24.0 Å². The summed E-state index contributed by atoms with van der Waals surface area (Å²) in [5.41, 5.74) is 2.35. The number of rotatable bonds is 4. The monoisotopic (exact) mass is 413 g/mol. The molecule has 0 unspecified atom stereocenters. The third-order valence-electron chi connectivity index (χ3n) is 5.07. The van der Waals surface area contributed by atoms with Crippen LogP contribution in [-0.2, 0) is 0 Å². The molecule has 3 heterocycles. The Morgan fingerprint density at radius 2 is 1.97 bits per heavy atom. The second kappa shape index (κ2) is 8.99. The Morgan fingerprint density at radius 1 is 1.17 bits per heavy atom. The summed E-state index contributed by atoms with van der Waals surface area (Å²) in [5, 5.41) is 18.7. The van der Waals surface area contributed by atoms with Gasteiger partial charge in [-0.3, -0.25) is 5.10 Å². The highest BCUT2D eigenvalue weighted by atomic mass is 35.5. The van der Waals surface area contributed by atoms with Crippen LogP contribution in [0, 0.1) is 17.1 Å². The van der Waals surface area contributed by atoms with Crippen molar-refractivity contribution in [2.24, 2.45) is 0 Å². The van der Waals surface area contributed by atoms with Gasteiger partial charge in [0.25, 0.3) is 0 Å². The van der Waals surface area contributed by atoms with E-state index < -0.39 is 0 Å². The van der Waals surface area contributed by atoms with Crippen molar-refractivity contribution in [2.45, 2.75) is 18.8 Å². The number of H-pyrrole nitrogens is 1. The van der Waals surface area contributed by atoms with Gasteiger partial charge in [0, 0.05) is 11.6 Å². The van der Waals surface area contributed by atoms with Gasteiger partial charge < -0.3 is 10.2 Å². The second-order valence-electron chi connectivity index (χ2n) is 7.01. The van der Waals surface area contributed by atoms with Crippen molar-refractivity contribution < 1.29 is 4.39 Å². The molecule has 0 amide bonds. The van der Waals surface area contributed by atoms with Crippen LogP contribution >= 0.6 is 12.4 Å². The normalized spacial score (nSPS) is 14.8. The molecule has 0 saturated carbocycles. The molecule has 0 spiro atoms. The standard InChI is InChI=1S/C20H20FN7.ClH/c1-28-6-4-13(5-7-28)14-2-3-16(17(21)8-14)18-9-19(27-26-18)25-20-12-23-15(10-22)11-24-20;/h2-3,8-9,11-13H,4-7H2,1H3,(H2,24,25,26,27);1H. The SMILES string of the molecule is CN1CCC(c2ccc(-c3cc(Nc4cnc(C#N)cn4)n[nH]3)c(F)c2)CC1.Cl. The zero-order valence-electron chi connectivity index (χ0n) is 15.9. The largest absolute Gasteiger partial charge is 0.322 e. The van der Waals surface area contributed by atoms with Crippen LogP contribution < -0.4 is 5.32 Å². The number of nitriles is 1. The Kier molecular flexibility index (Phi) is 6.42. The lowest BCUT2D eigenvalue weighted by atomic mass is 9.89. The first-order valence-corrected chi connectivity index (χ1v) is 9.15. The van der Waals surface area contributed by atoms with E-state index in [1.165, 1.54) is 12.4 Å². The first-order chi connectivity index (χ1) is 13.6. The fraction of sp³-hybridized carbons (Fsp3) is 0.300. The number of nitrogens with one attached hydrogen (secondary N) is 2. The van der Waals surface area contributed by atoms with Crippen LogP contribution in [0.3, 0.4) is 0 Å². The molecular weight excluding hydrogens is 393 g/mol. The van der Waals surface area contributed by atoms with Crippen molar-refractivity contribution in [3.05, 3.63) is 53.7 Å². The maximum absolute atomic E-state index is 14.8. The molecule has 1 aliphatic rings. The van der Waals surface area contributed by atoms with Gasteiger partial charge in [0.15, 0.2) is 11.5 Å². The first-order valence-electron chi connectivity index (χ1n) is 9.15. The van der Waals surface area contributed by atoms with E-state index in [0.29, 0.717) is 28.8 Å². The third-order valence-corrected chi connectivity index (χ3v) is 5.07. The molecule has 9 heteroatoms. The minimum atomic E-state index is -0.259. The predicted molar refractivity (Wildman–Crippen MR) is 111 cm³/mol. The number of hydrogen-bond acceptors (Lipinski definition) is 6. The van der Waals surface area contributed by atoms with Crippen LogP contribution in [-0.4, -0.2) is 45.2 Å². The second-order valence-corrected chi connectivity index (χ2v) is 7.01. The number of anilines is 2. The van der Waals surface area contributed by atoms with Gasteiger partial charge in [-0.15, -0.1) is 12.4 Å². The molecule has 0 aliphatic carbocycles. The van der Waals surface area contributed by atoms with E-state index >= 15 is 0 Å². The van der Waals surface area contributed by atoms with Gasteiger partial charge in [0.05, 0.1) is 18.1 Å². The van der Waals surface area contributed by atoms with Crippen LogP contribution in [0.2, 0.25) is 0 Å².